The summed E-state index contributed by atoms with van der Waals surface area (Å²) in [6.07, 6.45) is 3.64. The molecule has 2 saturated heterocycles. The van der Waals surface area contributed by atoms with E-state index < -0.39 is 11.1 Å². The lowest BCUT2D eigenvalue weighted by Crippen LogP contribution is -2.40. The van der Waals surface area contributed by atoms with E-state index in [1.165, 1.54) is 0 Å². The first-order valence-electron chi connectivity index (χ1n) is 10.1. The Kier molecular flexibility index (Phi) is 5.70. The molecule has 1 aromatic heterocycles. The minimum atomic E-state index is -0.425. The van der Waals surface area contributed by atoms with E-state index in [0.29, 0.717) is 23.6 Å². The van der Waals surface area contributed by atoms with Crippen LogP contribution in [0.15, 0.2) is 35.2 Å². The number of rotatable bonds is 4. The number of aromatic nitrogens is 1. The van der Waals surface area contributed by atoms with Crippen LogP contribution in [-0.4, -0.2) is 51.1 Å². The van der Waals surface area contributed by atoms with Gasteiger partial charge in [-0.2, -0.15) is 5.26 Å². The van der Waals surface area contributed by atoms with Gasteiger partial charge in [0, 0.05) is 30.2 Å². The molecule has 0 aliphatic carbocycles. The molecule has 0 bridgehead atoms. The van der Waals surface area contributed by atoms with Crippen molar-refractivity contribution in [2.75, 3.05) is 19.6 Å². The van der Waals surface area contributed by atoms with Gasteiger partial charge in [0.05, 0.1) is 16.5 Å². The number of likely N-dealkylation sites (tertiary alicyclic amines) is 1. The molecule has 0 N–H and O–H groups in total. The van der Waals surface area contributed by atoms with E-state index in [4.69, 9.17) is 5.26 Å². The second-order valence-electron chi connectivity index (χ2n) is 7.68. The number of carbonyl (C=O) groups is 3. The maximum Gasteiger partial charge on any atom is 0.294 e. The lowest BCUT2D eigenvalue weighted by Gasteiger charge is -2.18. The Balaban J connectivity index is 1.57. The van der Waals surface area contributed by atoms with Crippen molar-refractivity contribution < 1.29 is 14.4 Å². The quantitative estimate of drug-likeness (QED) is 0.686. The number of imide groups is 1. The zero-order valence-electron chi connectivity index (χ0n) is 17.4. The lowest BCUT2D eigenvalue weighted by atomic mass is 10.2. The summed E-state index contributed by atoms with van der Waals surface area (Å²) in [5, 5.41) is 8.59. The summed E-state index contributed by atoms with van der Waals surface area (Å²) in [4.78, 5) is 40.7. The highest BCUT2D eigenvalue weighted by molar-refractivity contribution is 8.18. The minimum Gasteiger partial charge on any atom is -0.341 e. The van der Waals surface area contributed by atoms with Gasteiger partial charge in [-0.25, -0.2) is 0 Å². The number of nitrogens with zero attached hydrogens (tertiary/aromatic N) is 4. The Bertz CT molecular complexity index is 1130. The minimum absolute atomic E-state index is 0.181. The summed E-state index contributed by atoms with van der Waals surface area (Å²) in [6.45, 7) is 5.08. The molecule has 3 amide bonds. The molecule has 1 aromatic carbocycles. The van der Waals surface area contributed by atoms with Gasteiger partial charge >= 0.3 is 0 Å². The topological polar surface area (TPSA) is 86.4 Å². The van der Waals surface area contributed by atoms with E-state index in [1.807, 2.05) is 36.6 Å². The number of carbonyl (C=O) groups excluding carboxylic acids is 3. The van der Waals surface area contributed by atoms with Gasteiger partial charge in [0.15, 0.2) is 0 Å². The first kappa shape index (κ1) is 20.9. The van der Waals surface area contributed by atoms with E-state index in [0.717, 1.165) is 52.1 Å². The van der Waals surface area contributed by atoms with Gasteiger partial charge in [-0.1, -0.05) is 0 Å². The van der Waals surface area contributed by atoms with Gasteiger partial charge in [-0.15, -0.1) is 0 Å². The molecule has 0 unspecified atom stereocenters. The summed E-state index contributed by atoms with van der Waals surface area (Å²) < 4.78 is 2.04. The van der Waals surface area contributed by atoms with Crippen LogP contribution in [0.3, 0.4) is 0 Å². The largest absolute Gasteiger partial charge is 0.341 e. The zero-order valence-corrected chi connectivity index (χ0v) is 18.2. The Morgan fingerprint density at radius 3 is 2.48 bits per heavy atom. The summed E-state index contributed by atoms with van der Waals surface area (Å²) in [6, 6.07) is 11.3. The highest BCUT2D eigenvalue weighted by atomic mass is 32.2. The molecule has 8 heteroatoms. The molecule has 2 aliphatic heterocycles. The van der Waals surface area contributed by atoms with Crippen LogP contribution < -0.4 is 0 Å². The van der Waals surface area contributed by atoms with Gasteiger partial charge in [0.1, 0.15) is 6.54 Å². The second kappa shape index (κ2) is 8.44. The van der Waals surface area contributed by atoms with Crippen LogP contribution in [0.2, 0.25) is 0 Å². The van der Waals surface area contributed by atoms with Crippen molar-refractivity contribution in [2.45, 2.75) is 26.7 Å². The van der Waals surface area contributed by atoms with Crippen LogP contribution in [0.5, 0.6) is 0 Å². The van der Waals surface area contributed by atoms with E-state index in [1.54, 1.807) is 23.1 Å². The molecule has 0 saturated carbocycles. The maximum absolute atomic E-state index is 12.8. The van der Waals surface area contributed by atoms with Crippen molar-refractivity contribution >= 4 is 34.9 Å². The standard InChI is InChI=1S/C23H22N4O3S/c1-15-11-18(16(2)27(15)19-7-5-17(13-24)6-8-19)12-20-22(29)26(23(30)31-20)14-21(28)25-9-3-4-10-25/h5-8,11-12H,3-4,9-10,14H2,1-2H3. The summed E-state index contributed by atoms with van der Waals surface area (Å²) in [7, 11) is 0. The number of aryl methyl sites for hydroxylation is 1. The van der Waals surface area contributed by atoms with Crippen molar-refractivity contribution in [1.29, 1.82) is 5.26 Å². The summed E-state index contributed by atoms with van der Waals surface area (Å²) >= 11 is 0.868. The van der Waals surface area contributed by atoms with Crippen molar-refractivity contribution in [2.24, 2.45) is 0 Å². The number of hydrogen-bond donors (Lipinski definition) is 0. The molecule has 7 nitrogen and oxygen atoms in total. The second-order valence-corrected chi connectivity index (χ2v) is 8.67. The smallest absolute Gasteiger partial charge is 0.294 e. The Hall–Kier alpha value is -3.31. The van der Waals surface area contributed by atoms with E-state index in [2.05, 4.69) is 6.07 Å². The molecule has 0 atom stereocenters. The van der Waals surface area contributed by atoms with Gasteiger partial charge < -0.3 is 9.47 Å². The molecule has 31 heavy (non-hydrogen) atoms. The predicted octanol–water partition coefficient (Wildman–Crippen LogP) is 3.62. The Morgan fingerprint density at radius 2 is 1.84 bits per heavy atom. The number of amides is 3. The third-order valence-corrected chi connectivity index (χ3v) is 6.54. The first-order valence-corrected chi connectivity index (χ1v) is 10.9. The molecular formula is C23H22N4O3S. The molecule has 2 fully saturated rings. The fraction of sp³-hybridized carbons (Fsp3) is 0.304. The van der Waals surface area contributed by atoms with Crippen LogP contribution in [0.4, 0.5) is 4.79 Å². The average Bonchev–Trinajstić information content (AvgIpc) is 3.45. The SMILES string of the molecule is Cc1cc(C=C2SC(=O)N(CC(=O)N3CCCC3)C2=O)c(C)n1-c1ccc(C#N)cc1. The molecule has 3 heterocycles. The molecule has 4 rings (SSSR count). The number of thioether (sulfide) groups is 1. The molecule has 2 aliphatic rings. The number of hydrogen-bond acceptors (Lipinski definition) is 5. The molecule has 0 spiro atoms. The maximum atomic E-state index is 12.8. The van der Waals surface area contributed by atoms with E-state index in [-0.39, 0.29) is 12.5 Å². The summed E-state index contributed by atoms with van der Waals surface area (Å²) in [5.41, 5.74) is 4.22. The van der Waals surface area contributed by atoms with Crippen LogP contribution >= 0.6 is 11.8 Å². The van der Waals surface area contributed by atoms with Crippen LogP contribution in [0.1, 0.15) is 35.4 Å². The fourth-order valence-corrected chi connectivity index (χ4v) is 4.82. The number of benzene rings is 1. The lowest BCUT2D eigenvalue weighted by molar-refractivity contribution is -0.135. The highest BCUT2D eigenvalue weighted by Gasteiger charge is 2.37. The average molecular weight is 435 g/mol. The molecular weight excluding hydrogens is 412 g/mol. The molecule has 158 valence electrons. The first-order chi connectivity index (χ1) is 14.9. The van der Waals surface area contributed by atoms with Crippen molar-refractivity contribution in [3.8, 4) is 11.8 Å². The van der Waals surface area contributed by atoms with Crippen molar-refractivity contribution in [3.63, 3.8) is 0 Å². The van der Waals surface area contributed by atoms with E-state index >= 15 is 0 Å². The van der Waals surface area contributed by atoms with Gasteiger partial charge in [-0.05, 0) is 80.4 Å². The third-order valence-electron chi connectivity index (χ3n) is 5.64. The number of nitriles is 1. The van der Waals surface area contributed by atoms with Gasteiger partial charge in [0.2, 0.25) is 5.91 Å². The summed E-state index contributed by atoms with van der Waals surface area (Å²) in [5.74, 6) is -0.606. The van der Waals surface area contributed by atoms with Crippen LogP contribution in [0, 0.1) is 25.2 Å². The highest BCUT2D eigenvalue weighted by Crippen LogP contribution is 2.34. The normalized spacial score (nSPS) is 17.6. The predicted molar refractivity (Wildman–Crippen MR) is 118 cm³/mol. The van der Waals surface area contributed by atoms with Crippen LogP contribution in [-0.2, 0) is 9.59 Å². The monoisotopic (exact) mass is 434 g/mol. The third kappa shape index (κ3) is 4.01. The fourth-order valence-electron chi connectivity index (χ4n) is 4.00. The molecule has 0 radical (unpaired) electrons. The van der Waals surface area contributed by atoms with Crippen molar-refractivity contribution in [3.05, 3.63) is 57.8 Å². The van der Waals surface area contributed by atoms with Crippen molar-refractivity contribution in [1.82, 2.24) is 14.4 Å². The molecule has 2 aromatic rings. The van der Waals surface area contributed by atoms with E-state index in [9.17, 15) is 14.4 Å². The zero-order chi connectivity index (χ0) is 22.1. The Morgan fingerprint density at radius 1 is 1.16 bits per heavy atom. The van der Waals surface area contributed by atoms with Gasteiger partial charge in [0.25, 0.3) is 11.1 Å². The Labute approximate surface area is 184 Å². The van der Waals surface area contributed by atoms with Crippen LogP contribution in [0.25, 0.3) is 11.8 Å². The van der Waals surface area contributed by atoms with Gasteiger partial charge in [-0.3, -0.25) is 19.3 Å².